The van der Waals surface area contributed by atoms with E-state index in [-0.39, 0.29) is 36.7 Å². The molecule has 0 aromatic heterocycles. The summed E-state index contributed by atoms with van der Waals surface area (Å²) in [4.78, 5) is 34.9. The molecule has 0 heterocycles. The van der Waals surface area contributed by atoms with Crippen molar-refractivity contribution in [2.24, 2.45) is 0 Å². The van der Waals surface area contributed by atoms with Gasteiger partial charge in [0.05, 0.1) is 0 Å². The number of carbonyl (C=O) groups is 3. The zero-order valence-electron chi connectivity index (χ0n) is 16.3. The van der Waals surface area contributed by atoms with E-state index in [1.807, 2.05) is 13.8 Å². The van der Waals surface area contributed by atoms with Gasteiger partial charge in [-0.05, 0) is 48.5 Å². The highest BCUT2D eigenvalue weighted by atomic mass is 16.6. The molecule has 0 rings (SSSR count). The lowest BCUT2D eigenvalue weighted by molar-refractivity contribution is 0.0508. The molecule has 0 aromatic rings. The zero-order valence-corrected chi connectivity index (χ0v) is 16.3. The van der Waals surface area contributed by atoms with Crippen LogP contribution in [0.25, 0.3) is 0 Å². The van der Waals surface area contributed by atoms with Crippen molar-refractivity contribution in [3.8, 4) is 0 Å². The fourth-order valence-electron chi connectivity index (χ4n) is 1.69. The summed E-state index contributed by atoms with van der Waals surface area (Å²) in [5.74, 6) is 0. The van der Waals surface area contributed by atoms with Gasteiger partial charge < -0.3 is 31.3 Å². The molecule has 0 bridgehead atoms. The molecular formula is C16H33N5O4. The van der Waals surface area contributed by atoms with Crippen LogP contribution in [0.1, 0.15) is 48.5 Å². The Hall–Kier alpha value is -2.19. The molecule has 0 saturated heterocycles. The van der Waals surface area contributed by atoms with Crippen LogP contribution in [0.4, 0.5) is 14.4 Å². The third-order valence-electron chi connectivity index (χ3n) is 2.70. The van der Waals surface area contributed by atoms with Crippen molar-refractivity contribution in [3.05, 3.63) is 0 Å². The zero-order chi connectivity index (χ0) is 19.6. The normalized spacial score (nSPS) is 13.4. The second-order valence-corrected chi connectivity index (χ2v) is 7.31. The van der Waals surface area contributed by atoms with E-state index < -0.39 is 11.7 Å². The molecule has 0 spiro atoms. The van der Waals surface area contributed by atoms with Gasteiger partial charge in [0, 0.05) is 31.2 Å². The minimum atomic E-state index is -0.571. The molecular weight excluding hydrogens is 326 g/mol. The summed E-state index contributed by atoms with van der Waals surface area (Å²) in [6, 6.07) is -1.14. The van der Waals surface area contributed by atoms with Gasteiger partial charge >= 0.3 is 18.2 Å². The molecule has 9 nitrogen and oxygen atoms in total. The second kappa shape index (κ2) is 10.6. The Morgan fingerprint density at radius 3 is 1.68 bits per heavy atom. The van der Waals surface area contributed by atoms with Gasteiger partial charge in [-0.3, -0.25) is 0 Å². The quantitative estimate of drug-likeness (QED) is 0.470. The molecule has 9 heteroatoms. The summed E-state index contributed by atoms with van der Waals surface area (Å²) < 4.78 is 5.14. The Labute approximate surface area is 150 Å². The molecule has 0 radical (unpaired) electrons. The Morgan fingerprint density at radius 1 is 0.800 bits per heavy atom. The van der Waals surface area contributed by atoms with Crippen LogP contribution in [0.2, 0.25) is 0 Å². The number of urea groups is 2. The molecule has 146 valence electrons. The van der Waals surface area contributed by atoms with E-state index in [1.165, 1.54) is 0 Å². The average molecular weight is 359 g/mol. The van der Waals surface area contributed by atoms with Crippen LogP contribution in [-0.2, 0) is 4.74 Å². The first-order valence-electron chi connectivity index (χ1n) is 8.47. The van der Waals surface area contributed by atoms with Crippen molar-refractivity contribution in [2.45, 2.75) is 72.2 Å². The topological polar surface area (TPSA) is 121 Å². The highest BCUT2D eigenvalue weighted by Gasteiger charge is 2.18. The molecule has 0 aromatic carbocycles. The predicted molar refractivity (Wildman–Crippen MR) is 96.5 cm³/mol. The molecule has 5 amide bonds. The van der Waals surface area contributed by atoms with Crippen LogP contribution in [0, 0.1) is 0 Å². The number of hydrogen-bond donors (Lipinski definition) is 5. The Bertz CT molecular complexity index is 448. The van der Waals surface area contributed by atoms with Crippen molar-refractivity contribution < 1.29 is 19.1 Å². The van der Waals surface area contributed by atoms with E-state index in [0.717, 1.165) is 0 Å². The fraction of sp³-hybridized carbons (Fsp3) is 0.812. The second-order valence-electron chi connectivity index (χ2n) is 7.31. The first-order valence-corrected chi connectivity index (χ1v) is 8.47. The van der Waals surface area contributed by atoms with Gasteiger partial charge in [-0.2, -0.15) is 0 Å². The lowest BCUT2D eigenvalue weighted by atomic mass is 10.2. The smallest absolute Gasteiger partial charge is 0.407 e. The van der Waals surface area contributed by atoms with Crippen LogP contribution < -0.4 is 26.6 Å². The van der Waals surface area contributed by atoms with Crippen molar-refractivity contribution in [1.82, 2.24) is 26.6 Å². The summed E-state index contributed by atoms with van der Waals surface area (Å²) >= 11 is 0. The minimum absolute atomic E-state index is 0.0468. The largest absolute Gasteiger partial charge is 0.444 e. The van der Waals surface area contributed by atoms with Gasteiger partial charge in [0.2, 0.25) is 0 Å². The van der Waals surface area contributed by atoms with Gasteiger partial charge in [0.25, 0.3) is 0 Å². The molecule has 5 N–H and O–H groups in total. The van der Waals surface area contributed by atoms with E-state index in [0.29, 0.717) is 6.54 Å². The highest BCUT2D eigenvalue weighted by molar-refractivity contribution is 5.75. The minimum Gasteiger partial charge on any atom is -0.444 e. The number of carbonyl (C=O) groups excluding carboxylic acids is 3. The van der Waals surface area contributed by atoms with Crippen LogP contribution in [0.5, 0.6) is 0 Å². The Kier molecular flexibility index (Phi) is 9.70. The molecule has 0 aliphatic rings. The van der Waals surface area contributed by atoms with Gasteiger partial charge in [-0.1, -0.05) is 0 Å². The van der Waals surface area contributed by atoms with Crippen LogP contribution in [0.3, 0.4) is 0 Å². The maximum absolute atomic E-state index is 11.8. The Balaban J connectivity index is 3.98. The van der Waals surface area contributed by atoms with Gasteiger partial charge in [-0.15, -0.1) is 0 Å². The van der Waals surface area contributed by atoms with Gasteiger partial charge in [0.1, 0.15) is 5.60 Å². The fourth-order valence-corrected chi connectivity index (χ4v) is 1.69. The third-order valence-corrected chi connectivity index (χ3v) is 2.70. The van der Waals surface area contributed by atoms with E-state index >= 15 is 0 Å². The lowest BCUT2D eigenvalue weighted by Crippen LogP contribution is -2.51. The first kappa shape index (κ1) is 22.8. The third kappa shape index (κ3) is 13.9. The number of hydrogen-bond acceptors (Lipinski definition) is 4. The molecule has 1 unspecified atom stereocenters. The summed E-state index contributed by atoms with van der Waals surface area (Å²) in [5.41, 5.74) is -0.571. The monoisotopic (exact) mass is 359 g/mol. The van der Waals surface area contributed by atoms with E-state index in [9.17, 15) is 14.4 Å². The van der Waals surface area contributed by atoms with E-state index in [1.54, 1.807) is 34.6 Å². The summed E-state index contributed by atoms with van der Waals surface area (Å²) in [5, 5.41) is 13.3. The number of alkyl carbamates (subject to hydrolysis) is 1. The number of rotatable bonds is 7. The van der Waals surface area contributed by atoms with E-state index in [2.05, 4.69) is 26.6 Å². The number of amides is 5. The van der Waals surface area contributed by atoms with E-state index in [4.69, 9.17) is 4.74 Å². The summed E-state index contributed by atoms with van der Waals surface area (Å²) in [6.45, 7) is 13.1. The maximum Gasteiger partial charge on any atom is 0.407 e. The van der Waals surface area contributed by atoms with Crippen molar-refractivity contribution >= 4 is 18.2 Å². The number of ether oxygens (including phenoxy) is 1. The Morgan fingerprint density at radius 2 is 1.24 bits per heavy atom. The summed E-state index contributed by atoms with van der Waals surface area (Å²) in [7, 11) is 0. The summed E-state index contributed by atoms with van der Waals surface area (Å²) in [6.07, 6.45) is -0.532. The van der Waals surface area contributed by atoms with Crippen LogP contribution in [-0.4, -0.2) is 55.0 Å². The highest BCUT2D eigenvalue weighted by Crippen LogP contribution is 2.06. The molecule has 0 saturated carbocycles. The molecule has 25 heavy (non-hydrogen) atoms. The lowest BCUT2D eigenvalue weighted by Gasteiger charge is -2.22. The van der Waals surface area contributed by atoms with Crippen LogP contribution >= 0.6 is 0 Å². The van der Waals surface area contributed by atoms with Gasteiger partial charge in [-0.25, -0.2) is 14.4 Å². The first-order chi connectivity index (χ1) is 11.4. The van der Waals surface area contributed by atoms with Gasteiger partial charge in [0.15, 0.2) is 0 Å². The maximum atomic E-state index is 11.8. The SMILES string of the molecule is CC(C)NC(=O)NCC(C)NC(=O)NC[C@H](C)NC(=O)OC(C)(C)C. The van der Waals surface area contributed by atoms with Crippen molar-refractivity contribution in [3.63, 3.8) is 0 Å². The standard InChI is InChI=1S/C16H33N5O4/c1-10(2)19-13(22)17-8-11(3)20-14(23)18-9-12(4)21-15(24)25-16(5,6)7/h10-12H,8-9H2,1-7H3,(H,21,24)(H2,17,19,22)(H2,18,20,23)/t11?,12-/m0/s1. The molecule has 0 fully saturated rings. The molecule has 0 aliphatic carbocycles. The van der Waals surface area contributed by atoms with Crippen LogP contribution in [0.15, 0.2) is 0 Å². The van der Waals surface area contributed by atoms with Crippen molar-refractivity contribution in [2.75, 3.05) is 13.1 Å². The average Bonchev–Trinajstić information content (AvgIpc) is 2.40. The van der Waals surface area contributed by atoms with Crippen molar-refractivity contribution in [1.29, 1.82) is 0 Å². The molecule has 0 aliphatic heterocycles. The number of nitrogens with one attached hydrogen (secondary N) is 5. The predicted octanol–water partition coefficient (Wildman–Crippen LogP) is 1.29. The molecule has 2 atom stereocenters.